The Morgan fingerprint density at radius 1 is 1.50 bits per heavy atom. The molecule has 0 aliphatic carbocycles. The van der Waals surface area contributed by atoms with Gasteiger partial charge < -0.3 is 19.5 Å². The average Bonchev–Trinajstić information content (AvgIpc) is 2.70. The number of aliphatic hydroxyl groups is 1. The van der Waals surface area contributed by atoms with Crippen molar-refractivity contribution in [2.45, 2.75) is 13.5 Å². The second kappa shape index (κ2) is 5.23. The molecule has 20 heavy (non-hydrogen) atoms. The Labute approximate surface area is 115 Å². The molecule has 0 saturated carbocycles. The van der Waals surface area contributed by atoms with Gasteiger partial charge in [-0.15, -0.1) is 0 Å². The molecule has 1 aromatic carbocycles. The number of rotatable bonds is 3. The number of aromatic hydroxyl groups is 1. The van der Waals surface area contributed by atoms with Crippen LogP contribution in [0, 0.1) is 11.3 Å². The molecule has 6 heteroatoms. The SMILES string of the molecule is CCOC(=O)c1c(CO)n(C)c2cc(C#N)c(O)cc12. The Bertz CT molecular complexity index is 725. The summed E-state index contributed by atoms with van der Waals surface area (Å²) in [6, 6.07) is 4.70. The molecule has 1 aromatic heterocycles. The highest BCUT2D eigenvalue weighted by Gasteiger charge is 2.23. The number of benzene rings is 1. The summed E-state index contributed by atoms with van der Waals surface area (Å²) in [5.74, 6) is -0.771. The van der Waals surface area contributed by atoms with Crippen molar-refractivity contribution >= 4 is 16.9 Å². The summed E-state index contributed by atoms with van der Waals surface area (Å²) in [5, 5.41) is 28.6. The minimum atomic E-state index is -0.564. The van der Waals surface area contributed by atoms with Crippen LogP contribution < -0.4 is 0 Å². The summed E-state index contributed by atoms with van der Waals surface area (Å²) in [7, 11) is 1.68. The maximum absolute atomic E-state index is 12.0. The molecular weight excluding hydrogens is 260 g/mol. The van der Waals surface area contributed by atoms with Crippen LogP contribution >= 0.6 is 0 Å². The summed E-state index contributed by atoms with van der Waals surface area (Å²) < 4.78 is 6.59. The molecule has 2 rings (SSSR count). The van der Waals surface area contributed by atoms with Crippen LogP contribution in [0.1, 0.15) is 28.5 Å². The number of carbonyl (C=O) groups is 1. The van der Waals surface area contributed by atoms with E-state index in [4.69, 9.17) is 10.00 Å². The third-order valence-corrected chi connectivity index (χ3v) is 3.19. The number of phenols is 1. The van der Waals surface area contributed by atoms with Gasteiger partial charge in [-0.3, -0.25) is 0 Å². The lowest BCUT2D eigenvalue weighted by molar-refractivity contribution is 0.0524. The highest BCUT2D eigenvalue weighted by Crippen LogP contribution is 2.31. The number of carbonyl (C=O) groups excluding carboxylic acids is 1. The fourth-order valence-corrected chi connectivity index (χ4v) is 2.23. The van der Waals surface area contributed by atoms with Gasteiger partial charge in [0.1, 0.15) is 11.8 Å². The third kappa shape index (κ3) is 1.98. The van der Waals surface area contributed by atoms with Crippen molar-refractivity contribution in [2.24, 2.45) is 7.05 Å². The molecule has 104 valence electrons. The molecule has 2 N–H and O–H groups in total. The van der Waals surface area contributed by atoms with Crippen LogP contribution in [0.3, 0.4) is 0 Å². The van der Waals surface area contributed by atoms with Crippen LogP contribution in [-0.4, -0.2) is 27.4 Å². The van der Waals surface area contributed by atoms with Crippen molar-refractivity contribution in [3.63, 3.8) is 0 Å². The van der Waals surface area contributed by atoms with Gasteiger partial charge in [0.25, 0.3) is 0 Å². The van der Waals surface area contributed by atoms with Crippen molar-refractivity contribution in [2.75, 3.05) is 6.61 Å². The molecule has 0 bridgehead atoms. The van der Waals surface area contributed by atoms with Crippen molar-refractivity contribution in [1.82, 2.24) is 4.57 Å². The zero-order valence-corrected chi connectivity index (χ0v) is 11.2. The van der Waals surface area contributed by atoms with Crippen LogP contribution in [0.5, 0.6) is 5.75 Å². The normalized spacial score (nSPS) is 10.5. The van der Waals surface area contributed by atoms with Crippen molar-refractivity contribution in [3.05, 3.63) is 29.0 Å². The number of nitrogens with zero attached hydrogens (tertiary/aromatic N) is 2. The van der Waals surface area contributed by atoms with Crippen LogP contribution in [0.25, 0.3) is 10.9 Å². The number of hydrogen-bond acceptors (Lipinski definition) is 5. The second-order valence-corrected chi connectivity index (χ2v) is 4.26. The maximum atomic E-state index is 12.0. The van der Waals surface area contributed by atoms with Crippen LogP contribution in [0.2, 0.25) is 0 Å². The Kier molecular flexibility index (Phi) is 3.63. The monoisotopic (exact) mass is 274 g/mol. The van der Waals surface area contributed by atoms with Crippen molar-refractivity contribution in [1.29, 1.82) is 5.26 Å². The first kappa shape index (κ1) is 13.9. The fourth-order valence-electron chi connectivity index (χ4n) is 2.23. The molecule has 6 nitrogen and oxygen atoms in total. The van der Waals surface area contributed by atoms with Gasteiger partial charge in [-0.25, -0.2) is 4.79 Å². The molecule has 0 aliphatic rings. The number of fused-ring (bicyclic) bond motifs is 1. The van der Waals surface area contributed by atoms with Gasteiger partial charge in [-0.05, 0) is 19.1 Å². The van der Waals surface area contributed by atoms with E-state index in [0.29, 0.717) is 16.6 Å². The Morgan fingerprint density at radius 3 is 2.75 bits per heavy atom. The Hall–Kier alpha value is -2.52. The fraction of sp³-hybridized carbons (Fsp3) is 0.286. The number of nitriles is 1. The van der Waals surface area contributed by atoms with E-state index >= 15 is 0 Å². The van der Waals surface area contributed by atoms with E-state index < -0.39 is 5.97 Å². The molecular formula is C14H14N2O4. The van der Waals surface area contributed by atoms with E-state index in [-0.39, 0.29) is 30.1 Å². The smallest absolute Gasteiger partial charge is 0.340 e. The summed E-state index contributed by atoms with van der Waals surface area (Å²) >= 11 is 0. The minimum absolute atomic E-state index is 0.109. The predicted molar refractivity (Wildman–Crippen MR) is 71.2 cm³/mol. The first-order chi connectivity index (χ1) is 9.54. The van der Waals surface area contributed by atoms with E-state index in [1.165, 1.54) is 12.1 Å². The predicted octanol–water partition coefficient (Wildman–Crippen LogP) is 1.42. The summed E-state index contributed by atoms with van der Waals surface area (Å²) in [6.07, 6.45) is 0. The number of phenolic OH excluding ortho intramolecular Hbond substituents is 1. The molecule has 0 radical (unpaired) electrons. The molecule has 0 spiro atoms. The quantitative estimate of drug-likeness (QED) is 0.825. The first-order valence-corrected chi connectivity index (χ1v) is 6.07. The van der Waals surface area contributed by atoms with E-state index in [9.17, 15) is 15.0 Å². The topological polar surface area (TPSA) is 95.5 Å². The Balaban J connectivity index is 2.82. The van der Waals surface area contributed by atoms with E-state index in [1.54, 1.807) is 18.5 Å². The van der Waals surface area contributed by atoms with Crippen LogP contribution in [-0.2, 0) is 18.4 Å². The van der Waals surface area contributed by atoms with Gasteiger partial charge in [0.05, 0.1) is 35.6 Å². The van der Waals surface area contributed by atoms with Gasteiger partial charge in [-0.1, -0.05) is 0 Å². The molecule has 2 aromatic rings. The minimum Gasteiger partial charge on any atom is -0.507 e. The highest BCUT2D eigenvalue weighted by molar-refractivity contribution is 6.06. The summed E-state index contributed by atoms with van der Waals surface area (Å²) in [5.41, 5.74) is 1.28. The average molecular weight is 274 g/mol. The Morgan fingerprint density at radius 2 is 2.20 bits per heavy atom. The van der Waals surface area contributed by atoms with Gasteiger partial charge in [0.15, 0.2) is 0 Å². The molecule has 0 fully saturated rings. The molecule has 1 heterocycles. The maximum Gasteiger partial charge on any atom is 0.340 e. The number of esters is 1. The zero-order chi connectivity index (χ0) is 14.9. The molecule has 0 saturated heterocycles. The van der Waals surface area contributed by atoms with E-state index in [1.807, 2.05) is 6.07 Å². The lowest BCUT2D eigenvalue weighted by Gasteiger charge is -2.04. The van der Waals surface area contributed by atoms with Gasteiger partial charge in [0, 0.05) is 12.4 Å². The summed E-state index contributed by atoms with van der Waals surface area (Å²) in [6.45, 7) is 1.55. The van der Waals surface area contributed by atoms with E-state index in [2.05, 4.69) is 0 Å². The lowest BCUT2D eigenvalue weighted by Crippen LogP contribution is -2.08. The third-order valence-electron chi connectivity index (χ3n) is 3.19. The summed E-state index contributed by atoms with van der Waals surface area (Å²) in [4.78, 5) is 12.0. The first-order valence-electron chi connectivity index (χ1n) is 6.07. The van der Waals surface area contributed by atoms with Crippen LogP contribution in [0.4, 0.5) is 0 Å². The second-order valence-electron chi connectivity index (χ2n) is 4.26. The number of hydrogen-bond donors (Lipinski definition) is 2. The van der Waals surface area contributed by atoms with Crippen LogP contribution in [0.15, 0.2) is 12.1 Å². The zero-order valence-electron chi connectivity index (χ0n) is 11.2. The van der Waals surface area contributed by atoms with E-state index in [0.717, 1.165) is 0 Å². The standard InChI is InChI=1S/C14H14N2O4/c1-3-20-14(19)13-9-5-12(18)8(6-15)4-10(9)16(2)11(13)7-17/h4-5,17-18H,3,7H2,1-2H3. The molecule has 0 atom stereocenters. The number of ether oxygens (including phenoxy) is 1. The van der Waals surface area contributed by atoms with Gasteiger partial charge in [0.2, 0.25) is 0 Å². The molecule has 0 amide bonds. The lowest BCUT2D eigenvalue weighted by atomic mass is 10.1. The number of aliphatic hydroxyl groups excluding tert-OH is 1. The highest BCUT2D eigenvalue weighted by atomic mass is 16.5. The van der Waals surface area contributed by atoms with Crippen molar-refractivity contribution < 1.29 is 19.7 Å². The molecule has 0 aliphatic heterocycles. The number of aromatic nitrogens is 1. The van der Waals surface area contributed by atoms with Gasteiger partial charge >= 0.3 is 5.97 Å². The molecule has 0 unspecified atom stereocenters. The van der Waals surface area contributed by atoms with Gasteiger partial charge in [-0.2, -0.15) is 5.26 Å². The number of aryl methyl sites for hydroxylation is 1. The van der Waals surface area contributed by atoms with Crippen molar-refractivity contribution in [3.8, 4) is 11.8 Å². The largest absolute Gasteiger partial charge is 0.507 e.